The molecule has 0 heterocycles. The quantitative estimate of drug-likeness (QED) is 0.363. The van der Waals surface area contributed by atoms with E-state index < -0.39 is 8.56 Å². The molecule has 3 heteroatoms. The summed E-state index contributed by atoms with van der Waals surface area (Å²) in [6.07, 6.45) is 0. The van der Waals surface area contributed by atoms with Crippen molar-refractivity contribution in [2.45, 2.75) is 13.8 Å². The van der Waals surface area contributed by atoms with E-state index in [9.17, 15) is 0 Å². The molecule has 0 radical (unpaired) electrons. The second-order valence-corrected chi connectivity index (χ2v) is 9.46. The average Bonchev–Trinajstić information content (AvgIpc) is 2.73. The van der Waals surface area contributed by atoms with Gasteiger partial charge in [0.05, 0.1) is 0 Å². The summed E-state index contributed by atoms with van der Waals surface area (Å²) in [5, 5.41) is 7.31. The Kier molecular flexibility index (Phi) is 5.08. The van der Waals surface area contributed by atoms with Gasteiger partial charge in [0.2, 0.25) is 0 Å². The number of benzene rings is 4. The first kappa shape index (κ1) is 17.9. The molecule has 0 unspecified atom stereocenters. The van der Waals surface area contributed by atoms with Crippen LogP contribution in [0.15, 0.2) is 84.9 Å². The molecule has 0 saturated carbocycles. The molecule has 0 aliphatic carbocycles. The van der Waals surface area contributed by atoms with Crippen molar-refractivity contribution in [2.75, 3.05) is 13.2 Å². The van der Waals surface area contributed by atoms with Crippen molar-refractivity contribution < 1.29 is 8.85 Å². The van der Waals surface area contributed by atoms with Crippen LogP contribution in [0.5, 0.6) is 0 Å². The first-order valence-corrected chi connectivity index (χ1v) is 11.4. The van der Waals surface area contributed by atoms with Crippen molar-refractivity contribution >= 4 is 40.5 Å². The Morgan fingerprint density at radius 1 is 0.593 bits per heavy atom. The highest BCUT2D eigenvalue weighted by atomic mass is 28.4. The Labute approximate surface area is 161 Å². The molecule has 4 aromatic rings. The zero-order valence-electron chi connectivity index (χ0n) is 15.8. The first-order valence-electron chi connectivity index (χ1n) is 9.54. The van der Waals surface area contributed by atoms with Crippen molar-refractivity contribution in [1.82, 2.24) is 0 Å². The molecular weight excluding hydrogens is 348 g/mol. The van der Waals surface area contributed by atoms with Crippen LogP contribution in [0.1, 0.15) is 13.8 Å². The number of fused-ring (bicyclic) bond motifs is 3. The Balaban J connectivity index is 2.05. The average molecular weight is 373 g/mol. The van der Waals surface area contributed by atoms with Gasteiger partial charge in [0.15, 0.2) is 0 Å². The molecular formula is C24H24O2Si. The van der Waals surface area contributed by atoms with Gasteiger partial charge in [0.1, 0.15) is 0 Å². The monoisotopic (exact) mass is 372 g/mol. The highest BCUT2D eigenvalue weighted by molar-refractivity contribution is 6.94. The smallest absolute Gasteiger partial charge is 0.388 e. The van der Waals surface area contributed by atoms with Gasteiger partial charge >= 0.3 is 8.56 Å². The van der Waals surface area contributed by atoms with E-state index in [1.807, 2.05) is 19.9 Å². The number of hydrogen-bond acceptors (Lipinski definition) is 2. The van der Waals surface area contributed by atoms with Gasteiger partial charge in [0, 0.05) is 18.4 Å². The van der Waals surface area contributed by atoms with E-state index in [0.29, 0.717) is 13.2 Å². The Morgan fingerprint density at radius 2 is 1.26 bits per heavy atom. The normalized spacial score (nSPS) is 11.9. The van der Waals surface area contributed by atoms with Gasteiger partial charge in [-0.1, -0.05) is 84.9 Å². The summed E-state index contributed by atoms with van der Waals surface area (Å²) < 4.78 is 13.0. The van der Waals surface area contributed by atoms with Crippen LogP contribution in [-0.4, -0.2) is 21.8 Å². The molecule has 0 aliphatic heterocycles. The molecule has 0 fully saturated rings. The molecule has 0 aromatic heterocycles. The maximum Gasteiger partial charge on any atom is 0.407 e. The summed E-state index contributed by atoms with van der Waals surface area (Å²) in [5.41, 5.74) is 0. The Bertz CT molecular complexity index is 1050. The lowest BCUT2D eigenvalue weighted by molar-refractivity contribution is 0.209. The minimum absolute atomic E-state index is 0.616. The number of hydrogen-bond donors (Lipinski definition) is 0. The van der Waals surface area contributed by atoms with E-state index in [1.165, 1.54) is 26.7 Å². The van der Waals surface area contributed by atoms with Crippen LogP contribution < -0.4 is 10.4 Å². The summed E-state index contributed by atoms with van der Waals surface area (Å²) in [5.74, 6) is 0. The van der Waals surface area contributed by atoms with E-state index in [1.54, 1.807) is 0 Å². The highest BCUT2D eigenvalue weighted by Gasteiger charge is 2.43. The Hall–Kier alpha value is -2.46. The predicted octanol–water partition coefficient (Wildman–Crippen LogP) is 4.62. The molecule has 27 heavy (non-hydrogen) atoms. The second kappa shape index (κ2) is 7.65. The molecule has 0 spiro atoms. The van der Waals surface area contributed by atoms with Gasteiger partial charge in [-0.25, -0.2) is 0 Å². The fraction of sp³-hybridized carbons (Fsp3) is 0.167. The zero-order chi connectivity index (χ0) is 18.7. The standard InChI is InChI=1S/C24H24O2Si/c1-3-25-27(26-4-2,20-12-6-5-7-13-20)24-16-10-15-22-21-14-9-8-11-19(21)17-18-23(22)24/h5-18H,3-4H2,1-2H3. The molecule has 136 valence electrons. The van der Waals surface area contributed by atoms with Crippen LogP contribution in [0.4, 0.5) is 0 Å². The molecule has 4 aromatic carbocycles. The van der Waals surface area contributed by atoms with Crippen LogP contribution in [-0.2, 0) is 8.85 Å². The zero-order valence-corrected chi connectivity index (χ0v) is 16.8. The molecule has 2 nitrogen and oxygen atoms in total. The SMILES string of the molecule is CCO[Si](OCC)(c1ccccc1)c1cccc2c1ccc1ccccc12. The lowest BCUT2D eigenvalue weighted by Gasteiger charge is -2.31. The van der Waals surface area contributed by atoms with Crippen molar-refractivity contribution in [3.05, 3.63) is 84.9 Å². The summed E-state index contributed by atoms with van der Waals surface area (Å²) in [4.78, 5) is 0. The molecule has 0 N–H and O–H groups in total. The maximum absolute atomic E-state index is 6.48. The summed E-state index contributed by atoms with van der Waals surface area (Å²) in [6, 6.07) is 29.9. The molecule has 0 atom stereocenters. The topological polar surface area (TPSA) is 18.5 Å². The fourth-order valence-corrected chi connectivity index (χ4v) is 7.28. The molecule has 0 saturated heterocycles. The van der Waals surface area contributed by atoms with Crippen molar-refractivity contribution in [2.24, 2.45) is 0 Å². The first-order chi connectivity index (χ1) is 13.3. The molecule has 0 amide bonds. The minimum atomic E-state index is -2.80. The van der Waals surface area contributed by atoms with Crippen LogP contribution in [0, 0.1) is 0 Å². The van der Waals surface area contributed by atoms with Gasteiger partial charge in [-0.05, 0) is 40.6 Å². The summed E-state index contributed by atoms with van der Waals surface area (Å²) >= 11 is 0. The third kappa shape index (κ3) is 3.08. The molecule has 4 rings (SSSR count). The van der Waals surface area contributed by atoms with Crippen molar-refractivity contribution in [3.8, 4) is 0 Å². The maximum atomic E-state index is 6.48. The highest BCUT2D eigenvalue weighted by Crippen LogP contribution is 2.26. The van der Waals surface area contributed by atoms with Gasteiger partial charge in [0.25, 0.3) is 0 Å². The van der Waals surface area contributed by atoms with Crippen LogP contribution >= 0.6 is 0 Å². The van der Waals surface area contributed by atoms with Crippen LogP contribution in [0.3, 0.4) is 0 Å². The predicted molar refractivity (Wildman–Crippen MR) is 116 cm³/mol. The van der Waals surface area contributed by atoms with Crippen LogP contribution in [0.25, 0.3) is 21.5 Å². The number of rotatable bonds is 6. The largest absolute Gasteiger partial charge is 0.407 e. The summed E-state index contributed by atoms with van der Waals surface area (Å²) in [7, 11) is -2.80. The van der Waals surface area contributed by atoms with E-state index in [4.69, 9.17) is 8.85 Å². The van der Waals surface area contributed by atoms with E-state index in [0.717, 1.165) is 5.19 Å². The molecule has 0 bridgehead atoms. The fourth-order valence-electron chi connectivity index (χ4n) is 3.91. The van der Waals surface area contributed by atoms with Crippen LogP contribution in [0.2, 0.25) is 0 Å². The van der Waals surface area contributed by atoms with Crippen molar-refractivity contribution in [3.63, 3.8) is 0 Å². The van der Waals surface area contributed by atoms with E-state index >= 15 is 0 Å². The van der Waals surface area contributed by atoms with Gasteiger partial charge in [-0.2, -0.15) is 0 Å². The summed E-state index contributed by atoms with van der Waals surface area (Å²) in [6.45, 7) is 5.32. The van der Waals surface area contributed by atoms with Gasteiger partial charge in [-0.15, -0.1) is 0 Å². The third-order valence-corrected chi connectivity index (χ3v) is 8.62. The lowest BCUT2D eigenvalue weighted by Crippen LogP contribution is -2.63. The minimum Gasteiger partial charge on any atom is -0.388 e. The van der Waals surface area contributed by atoms with Gasteiger partial charge < -0.3 is 8.85 Å². The Morgan fingerprint density at radius 3 is 2.00 bits per heavy atom. The van der Waals surface area contributed by atoms with Gasteiger partial charge in [-0.3, -0.25) is 0 Å². The van der Waals surface area contributed by atoms with E-state index in [-0.39, 0.29) is 0 Å². The molecule has 0 aliphatic rings. The van der Waals surface area contributed by atoms with Crippen molar-refractivity contribution in [1.29, 1.82) is 0 Å². The second-order valence-electron chi connectivity index (χ2n) is 6.54. The van der Waals surface area contributed by atoms with E-state index in [2.05, 4.69) is 78.9 Å². The third-order valence-electron chi connectivity index (χ3n) is 4.99. The lowest BCUT2D eigenvalue weighted by atomic mass is 10.0.